The molecular weight excluding hydrogens is 409 g/mol. The second-order valence-corrected chi connectivity index (χ2v) is 7.57. The Hall–Kier alpha value is -3.72. The van der Waals surface area contributed by atoms with Gasteiger partial charge in [-0.25, -0.2) is 14.4 Å². The summed E-state index contributed by atoms with van der Waals surface area (Å²) < 4.78 is 19.7. The molecule has 32 heavy (non-hydrogen) atoms. The third-order valence-corrected chi connectivity index (χ3v) is 5.32. The quantitative estimate of drug-likeness (QED) is 0.296. The van der Waals surface area contributed by atoms with Crippen LogP contribution in [0.15, 0.2) is 59.3 Å². The number of anilines is 3. The van der Waals surface area contributed by atoms with E-state index in [1.165, 1.54) is 6.07 Å². The number of nitrogens with one attached hydrogen (secondary N) is 4. The van der Waals surface area contributed by atoms with Crippen LogP contribution in [-0.2, 0) is 13.0 Å². The van der Waals surface area contributed by atoms with Crippen LogP contribution in [0.4, 0.5) is 21.6 Å². The van der Waals surface area contributed by atoms with Crippen LogP contribution in [-0.4, -0.2) is 34.2 Å². The van der Waals surface area contributed by atoms with E-state index in [2.05, 4.69) is 48.4 Å². The van der Waals surface area contributed by atoms with Crippen molar-refractivity contribution in [3.05, 3.63) is 72.3 Å². The fraction of sp³-hybridized carbons (Fsp3) is 0.261. The Labute approximate surface area is 184 Å². The van der Waals surface area contributed by atoms with Crippen molar-refractivity contribution in [2.75, 3.05) is 29.0 Å². The molecule has 4 N–H and O–H groups in total. The number of para-hydroxylation sites is 2. The second kappa shape index (κ2) is 9.19. The van der Waals surface area contributed by atoms with Crippen molar-refractivity contribution in [3.8, 4) is 0 Å². The first kappa shape index (κ1) is 20.2. The van der Waals surface area contributed by atoms with Crippen LogP contribution in [0.2, 0.25) is 0 Å². The average Bonchev–Trinajstić information content (AvgIpc) is 3.42. The number of halogens is 1. The van der Waals surface area contributed by atoms with Gasteiger partial charge in [-0.05, 0) is 37.2 Å². The summed E-state index contributed by atoms with van der Waals surface area (Å²) in [7, 11) is 0. The van der Waals surface area contributed by atoms with Crippen LogP contribution in [0.25, 0.3) is 11.1 Å². The molecule has 164 valence electrons. The van der Waals surface area contributed by atoms with E-state index in [9.17, 15) is 4.39 Å². The number of nitrogens with zero attached hydrogens (tertiary/aromatic N) is 3. The molecule has 4 heterocycles. The molecule has 4 aromatic rings. The minimum absolute atomic E-state index is 0.218. The lowest BCUT2D eigenvalue weighted by Gasteiger charge is -2.12. The molecule has 0 aliphatic carbocycles. The van der Waals surface area contributed by atoms with Gasteiger partial charge in [0, 0.05) is 31.4 Å². The number of aromatic nitrogens is 3. The first-order valence-corrected chi connectivity index (χ1v) is 10.7. The molecule has 0 saturated heterocycles. The molecule has 1 aliphatic heterocycles. The third kappa shape index (κ3) is 4.47. The van der Waals surface area contributed by atoms with Gasteiger partial charge < -0.3 is 25.7 Å². The maximum absolute atomic E-state index is 13.8. The number of oxazole rings is 1. The van der Waals surface area contributed by atoms with Crippen molar-refractivity contribution >= 4 is 28.3 Å². The molecule has 0 unspecified atom stereocenters. The highest BCUT2D eigenvalue weighted by Crippen LogP contribution is 2.28. The molecule has 0 atom stereocenters. The Morgan fingerprint density at radius 1 is 0.969 bits per heavy atom. The van der Waals surface area contributed by atoms with Crippen LogP contribution < -0.4 is 21.3 Å². The van der Waals surface area contributed by atoms with Crippen LogP contribution >= 0.6 is 0 Å². The van der Waals surface area contributed by atoms with Gasteiger partial charge in [0.05, 0.1) is 29.8 Å². The first-order valence-electron chi connectivity index (χ1n) is 10.7. The number of pyridine rings is 2. The lowest BCUT2D eigenvalue weighted by Crippen LogP contribution is -2.29. The van der Waals surface area contributed by atoms with Gasteiger partial charge in [0.2, 0.25) is 0 Å². The van der Waals surface area contributed by atoms with Gasteiger partial charge in [0.1, 0.15) is 5.82 Å². The van der Waals surface area contributed by atoms with Crippen LogP contribution in [0.3, 0.4) is 0 Å². The minimum atomic E-state index is -0.356. The number of hydrogen-bond donors (Lipinski definition) is 4. The molecule has 1 aliphatic rings. The highest BCUT2D eigenvalue weighted by atomic mass is 19.1. The lowest BCUT2D eigenvalue weighted by atomic mass is 10.3. The SMILES string of the molecule is Fc1cccnc1CNc1nccc2oc(CCNCCC3Nc4ccccc4N3)nc12. The second-order valence-electron chi connectivity index (χ2n) is 7.57. The topological polar surface area (TPSA) is 99.9 Å². The first-order chi connectivity index (χ1) is 15.8. The number of rotatable bonds is 9. The van der Waals surface area contributed by atoms with E-state index in [0.29, 0.717) is 34.9 Å². The van der Waals surface area contributed by atoms with Crippen molar-refractivity contribution in [2.24, 2.45) is 0 Å². The van der Waals surface area contributed by atoms with E-state index >= 15 is 0 Å². The van der Waals surface area contributed by atoms with Gasteiger partial charge in [-0.3, -0.25) is 4.98 Å². The summed E-state index contributed by atoms with van der Waals surface area (Å²) in [5.41, 5.74) is 3.90. The van der Waals surface area contributed by atoms with Crippen molar-refractivity contribution in [3.63, 3.8) is 0 Å². The van der Waals surface area contributed by atoms with Crippen LogP contribution in [0, 0.1) is 5.82 Å². The summed E-state index contributed by atoms with van der Waals surface area (Å²) in [5, 5.41) is 13.5. The Morgan fingerprint density at radius 2 is 1.81 bits per heavy atom. The Bertz CT molecular complexity index is 1190. The summed E-state index contributed by atoms with van der Waals surface area (Å²) in [6.45, 7) is 1.83. The van der Waals surface area contributed by atoms with Crippen molar-refractivity contribution < 1.29 is 8.81 Å². The predicted octanol–water partition coefficient (Wildman–Crippen LogP) is 3.75. The van der Waals surface area contributed by atoms with Crippen molar-refractivity contribution in [2.45, 2.75) is 25.6 Å². The normalized spacial score (nSPS) is 13.0. The molecule has 0 saturated carbocycles. The number of benzene rings is 1. The van der Waals surface area contributed by atoms with E-state index in [-0.39, 0.29) is 18.5 Å². The standard InChI is InChI=1S/C23H24FN7O/c24-15-4-3-10-26-18(15)14-28-23-22-19(7-13-27-23)32-21(31-22)9-12-25-11-8-20-29-16-5-1-2-6-17(16)30-20/h1-7,10,13,20,25,29-30H,8-9,11-12,14H2,(H,27,28). The van der Waals surface area contributed by atoms with Crippen molar-refractivity contribution in [1.82, 2.24) is 20.3 Å². The summed E-state index contributed by atoms with van der Waals surface area (Å²) in [4.78, 5) is 13.0. The van der Waals surface area contributed by atoms with Gasteiger partial charge in [-0.2, -0.15) is 0 Å². The molecule has 0 fully saturated rings. The highest BCUT2D eigenvalue weighted by molar-refractivity contribution is 5.83. The smallest absolute Gasteiger partial charge is 0.196 e. The maximum atomic E-state index is 13.8. The monoisotopic (exact) mass is 433 g/mol. The average molecular weight is 433 g/mol. The molecule has 0 radical (unpaired) electrons. The number of fused-ring (bicyclic) bond motifs is 2. The van der Waals surface area contributed by atoms with Gasteiger partial charge in [0.15, 0.2) is 22.8 Å². The van der Waals surface area contributed by atoms with Crippen molar-refractivity contribution in [1.29, 1.82) is 0 Å². The van der Waals surface area contributed by atoms with Gasteiger partial charge in [-0.1, -0.05) is 12.1 Å². The van der Waals surface area contributed by atoms with Crippen LogP contribution in [0.1, 0.15) is 18.0 Å². The Morgan fingerprint density at radius 3 is 2.62 bits per heavy atom. The molecule has 0 spiro atoms. The summed E-state index contributed by atoms with van der Waals surface area (Å²) in [6, 6.07) is 12.9. The largest absolute Gasteiger partial charge is 0.440 e. The van der Waals surface area contributed by atoms with Gasteiger partial charge >= 0.3 is 0 Å². The zero-order chi connectivity index (χ0) is 21.8. The van der Waals surface area contributed by atoms with E-state index < -0.39 is 0 Å². The fourth-order valence-electron chi connectivity index (χ4n) is 3.71. The fourth-order valence-corrected chi connectivity index (χ4v) is 3.71. The van der Waals surface area contributed by atoms with Gasteiger partial charge in [0.25, 0.3) is 0 Å². The molecule has 1 aromatic carbocycles. The minimum Gasteiger partial charge on any atom is -0.440 e. The van der Waals surface area contributed by atoms with Crippen LogP contribution in [0.5, 0.6) is 0 Å². The molecule has 5 rings (SSSR count). The number of hydrogen-bond acceptors (Lipinski definition) is 8. The lowest BCUT2D eigenvalue weighted by molar-refractivity contribution is 0.511. The molecule has 8 nitrogen and oxygen atoms in total. The maximum Gasteiger partial charge on any atom is 0.196 e. The zero-order valence-corrected chi connectivity index (χ0v) is 17.4. The molecule has 0 bridgehead atoms. The van der Waals surface area contributed by atoms with E-state index in [0.717, 1.165) is 30.9 Å². The Balaban J connectivity index is 1.11. The molecular formula is C23H24FN7O. The zero-order valence-electron chi connectivity index (χ0n) is 17.4. The third-order valence-electron chi connectivity index (χ3n) is 5.32. The molecule has 9 heteroatoms. The highest BCUT2D eigenvalue weighted by Gasteiger charge is 2.18. The van der Waals surface area contributed by atoms with E-state index in [1.54, 1.807) is 24.5 Å². The predicted molar refractivity (Wildman–Crippen MR) is 122 cm³/mol. The van der Waals surface area contributed by atoms with E-state index in [4.69, 9.17) is 4.42 Å². The summed E-state index contributed by atoms with van der Waals surface area (Å²) in [6.07, 6.45) is 5.05. The van der Waals surface area contributed by atoms with Gasteiger partial charge in [-0.15, -0.1) is 0 Å². The summed E-state index contributed by atoms with van der Waals surface area (Å²) >= 11 is 0. The Kier molecular flexibility index (Phi) is 5.80. The molecule has 3 aromatic heterocycles. The summed E-state index contributed by atoms with van der Waals surface area (Å²) in [5.74, 6) is 0.830. The van der Waals surface area contributed by atoms with E-state index in [1.807, 2.05) is 12.1 Å². The molecule has 0 amide bonds.